The monoisotopic (exact) mass is 261 g/mol. The first-order valence-corrected chi connectivity index (χ1v) is 6.48. The molecule has 5 heteroatoms. The zero-order valence-electron chi connectivity index (χ0n) is 11.0. The summed E-state index contributed by atoms with van der Waals surface area (Å²) in [5.74, 6) is 1.27. The molecule has 0 radical (unpaired) electrons. The molecule has 0 spiro atoms. The second-order valence-corrected chi connectivity index (χ2v) is 4.58. The standard InChI is InChI=1S/C14H19N3O2/c1-11(18)7-8-15-10-14-16-13(17-19-14)9-12-5-3-2-4-6-12/h2-6,11,15,18H,7-10H2,1H3. The lowest BCUT2D eigenvalue weighted by Gasteiger charge is -2.03. The number of aliphatic hydroxyl groups is 1. The Morgan fingerprint density at radius 1 is 1.32 bits per heavy atom. The molecule has 0 saturated heterocycles. The van der Waals surface area contributed by atoms with Gasteiger partial charge in [-0.05, 0) is 25.5 Å². The van der Waals surface area contributed by atoms with E-state index in [9.17, 15) is 0 Å². The quantitative estimate of drug-likeness (QED) is 0.739. The number of hydrogen-bond acceptors (Lipinski definition) is 5. The van der Waals surface area contributed by atoms with Crippen LogP contribution in [0.2, 0.25) is 0 Å². The molecular weight excluding hydrogens is 242 g/mol. The van der Waals surface area contributed by atoms with Crippen LogP contribution in [0.5, 0.6) is 0 Å². The molecule has 0 aliphatic heterocycles. The van der Waals surface area contributed by atoms with Gasteiger partial charge in [-0.3, -0.25) is 0 Å². The number of nitrogens with zero attached hydrogens (tertiary/aromatic N) is 2. The molecule has 0 aliphatic rings. The fraction of sp³-hybridized carbons (Fsp3) is 0.429. The van der Waals surface area contributed by atoms with E-state index in [1.54, 1.807) is 6.92 Å². The summed E-state index contributed by atoms with van der Waals surface area (Å²) in [6, 6.07) is 10.0. The van der Waals surface area contributed by atoms with Gasteiger partial charge in [-0.2, -0.15) is 4.98 Å². The van der Waals surface area contributed by atoms with Crippen molar-refractivity contribution in [3.8, 4) is 0 Å². The highest BCUT2D eigenvalue weighted by Gasteiger charge is 2.06. The predicted molar refractivity (Wildman–Crippen MR) is 71.6 cm³/mol. The van der Waals surface area contributed by atoms with Gasteiger partial charge in [-0.1, -0.05) is 35.5 Å². The molecule has 2 aromatic rings. The highest BCUT2D eigenvalue weighted by Crippen LogP contribution is 2.06. The van der Waals surface area contributed by atoms with Gasteiger partial charge >= 0.3 is 0 Å². The van der Waals surface area contributed by atoms with Crippen molar-refractivity contribution in [2.24, 2.45) is 0 Å². The number of rotatable bonds is 7. The summed E-state index contributed by atoms with van der Waals surface area (Å²) < 4.78 is 5.16. The van der Waals surface area contributed by atoms with E-state index in [1.807, 2.05) is 30.3 Å². The number of hydrogen-bond donors (Lipinski definition) is 2. The van der Waals surface area contributed by atoms with Gasteiger partial charge < -0.3 is 14.9 Å². The molecule has 0 amide bonds. The minimum Gasteiger partial charge on any atom is -0.393 e. The van der Waals surface area contributed by atoms with Gasteiger partial charge in [0.15, 0.2) is 5.82 Å². The van der Waals surface area contributed by atoms with Crippen molar-refractivity contribution < 1.29 is 9.63 Å². The summed E-state index contributed by atoms with van der Waals surface area (Å²) in [6.07, 6.45) is 1.10. The van der Waals surface area contributed by atoms with Crippen LogP contribution in [-0.2, 0) is 13.0 Å². The van der Waals surface area contributed by atoms with Gasteiger partial charge in [0.2, 0.25) is 5.89 Å². The molecule has 0 saturated carbocycles. The van der Waals surface area contributed by atoms with Gasteiger partial charge in [-0.15, -0.1) is 0 Å². The topological polar surface area (TPSA) is 71.2 Å². The number of nitrogens with one attached hydrogen (secondary N) is 1. The van der Waals surface area contributed by atoms with Gasteiger partial charge in [-0.25, -0.2) is 0 Å². The van der Waals surface area contributed by atoms with E-state index in [0.717, 1.165) is 12.1 Å². The number of aromatic nitrogens is 2. The van der Waals surface area contributed by atoms with Crippen LogP contribution in [0.3, 0.4) is 0 Å². The Bertz CT molecular complexity index is 482. The fourth-order valence-corrected chi connectivity index (χ4v) is 1.72. The van der Waals surface area contributed by atoms with E-state index in [4.69, 9.17) is 9.63 Å². The first-order chi connectivity index (χ1) is 9.24. The van der Waals surface area contributed by atoms with Crippen LogP contribution in [0.15, 0.2) is 34.9 Å². The van der Waals surface area contributed by atoms with Crippen LogP contribution >= 0.6 is 0 Å². The normalized spacial score (nSPS) is 12.5. The van der Waals surface area contributed by atoms with Gasteiger partial charge in [0.25, 0.3) is 0 Å². The summed E-state index contributed by atoms with van der Waals surface area (Å²) in [6.45, 7) is 3.04. The lowest BCUT2D eigenvalue weighted by molar-refractivity contribution is 0.183. The predicted octanol–water partition coefficient (Wildman–Crippen LogP) is 1.52. The minimum atomic E-state index is -0.288. The van der Waals surface area contributed by atoms with Crippen LogP contribution in [0.4, 0.5) is 0 Å². The lowest BCUT2D eigenvalue weighted by Crippen LogP contribution is -2.18. The summed E-state index contributed by atoms with van der Waals surface area (Å²) in [7, 11) is 0. The first kappa shape index (κ1) is 13.7. The van der Waals surface area contributed by atoms with Gasteiger partial charge in [0.1, 0.15) is 0 Å². The molecule has 0 bridgehead atoms. The Morgan fingerprint density at radius 2 is 2.11 bits per heavy atom. The van der Waals surface area contributed by atoms with Crippen LogP contribution in [-0.4, -0.2) is 27.9 Å². The largest absolute Gasteiger partial charge is 0.393 e. The SMILES string of the molecule is CC(O)CCNCc1nc(Cc2ccccc2)no1. The Morgan fingerprint density at radius 3 is 2.84 bits per heavy atom. The molecule has 1 aromatic carbocycles. The summed E-state index contributed by atoms with van der Waals surface area (Å²) in [5, 5.41) is 16.2. The van der Waals surface area contributed by atoms with E-state index >= 15 is 0 Å². The molecule has 1 atom stereocenters. The van der Waals surface area contributed by atoms with E-state index in [2.05, 4.69) is 15.5 Å². The van der Waals surface area contributed by atoms with Crippen molar-refractivity contribution in [3.05, 3.63) is 47.6 Å². The molecule has 2 rings (SSSR count). The average molecular weight is 261 g/mol. The second kappa shape index (κ2) is 7.01. The third kappa shape index (κ3) is 4.81. The first-order valence-electron chi connectivity index (χ1n) is 6.48. The van der Waals surface area contributed by atoms with Crippen molar-refractivity contribution in [1.29, 1.82) is 0 Å². The van der Waals surface area contributed by atoms with Crippen LogP contribution in [0.25, 0.3) is 0 Å². The Hall–Kier alpha value is -1.72. The minimum absolute atomic E-state index is 0.288. The van der Waals surface area contributed by atoms with Gasteiger partial charge in [0.05, 0.1) is 12.6 Å². The van der Waals surface area contributed by atoms with Crippen molar-refractivity contribution in [3.63, 3.8) is 0 Å². The van der Waals surface area contributed by atoms with Crippen molar-refractivity contribution in [1.82, 2.24) is 15.5 Å². The maximum absolute atomic E-state index is 9.13. The fourth-order valence-electron chi connectivity index (χ4n) is 1.72. The third-order valence-corrected chi connectivity index (χ3v) is 2.73. The highest BCUT2D eigenvalue weighted by atomic mass is 16.5. The maximum Gasteiger partial charge on any atom is 0.240 e. The molecule has 5 nitrogen and oxygen atoms in total. The molecule has 1 aromatic heterocycles. The third-order valence-electron chi connectivity index (χ3n) is 2.73. The Balaban J connectivity index is 1.79. The van der Waals surface area contributed by atoms with E-state index in [-0.39, 0.29) is 6.10 Å². The van der Waals surface area contributed by atoms with Crippen molar-refractivity contribution >= 4 is 0 Å². The zero-order chi connectivity index (χ0) is 13.5. The molecule has 1 heterocycles. The van der Waals surface area contributed by atoms with Crippen LogP contribution < -0.4 is 5.32 Å². The highest BCUT2D eigenvalue weighted by molar-refractivity contribution is 5.18. The lowest BCUT2D eigenvalue weighted by atomic mass is 10.1. The molecule has 19 heavy (non-hydrogen) atoms. The zero-order valence-corrected chi connectivity index (χ0v) is 11.0. The second-order valence-electron chi connectivity index (χ2n) is 4.58. The Kier molecular flexibility index (Phi) is 5.06. The van der Waals surface area contributed by atoms with E-state index < -0.39 is 0 Å². The molecule has 0 fully saturated rings. The Labute approximate surface area is 112 Å². The summed E-state index contributed by atoms with van der Waals surface area (Å²) in [4.78, 5) is 4.32. The van der Waals surface area contributed by atoms with Crippen molar-refractivity contribution in [2.75, 3.05) is 6.54 Å². The average Bonchev–Trinajstić information content (AvgIpc) is 2.83. The molecule has 1 unspecified atom stereocenters. The van der Waals surface area contributed by atoms with Crippen LogP contribution in [0, 0.1) is 0 Å². The van der Waals surface area contributed by atoms with E-state index in [0.29, 0.717) is 31.1 Å². The number of benzene rings is 1. The molecular formula is C14H19N3O2. The summed E-state index contributed by atoms with van der Waals surface area (Å²) in [5.41, 5.74) is 1.16. The van der Waals surface area contributed by atoms with Crippen molar-refractivity contribution in [2.45, 2.75) is 32.4 Å². The van der Waals surface area contributed by atoms with Crippen LogP contribution in [0.1, 0.15) is 30.6 Å². The molecule has 0 aliphatic carbocycles. The molecule has 2 N–H and O–H groups in total. The summed E-state index contributed by atoms with van der Waals surface area (Å²) >= 11 is 0. The maximum atomic E-state index is 9.13. The number of aliphatic hydroxyl groups excluding tert-OH is 1. The smallest absolute Gasteiger partial charge is 0.240 e. The van der Waals surface area contributed by atoms with E-state index in [1.165, 1.54) is 0 Å². The molecule has 102 valence electrons. The van der Waals surface area contributed by atoms with Gasteiger partial charge in [0, 0.05) is 6.42 Å².